The first kappa shape index (κ1) is 10.4. The van der Waals surface area contributed by atoms with Crippen molar-refractivity contribution in [3.63, 3.8) is 0 Å². The Morgan fingerprint density at radius 1 is 0.938 bits per heavy atom. The van der Waals surface area contributed by atoms with Crippen LogP contribution in [0.3, 0.4) is 0 Å². The molecule has 0 amide bonds. The lowest BCUT2D eigenvalue weighted by atomic mass is 10.2. The van der Waals surface area contributed by atoms with Crippen molar-refractivity contribution in [3.05, 3.63) is 54.1 Å². The number of rotatable bonds is 2. The highest BCUT2D eigenvalue weighted by atomic mass is 19.1. The Morgan fingerprint density at radius 3 is 2.31 bits per heavy atom. The highest BCUT2D eigenvalue weighted by molar-refractivity contribution is 5.45. The molecule has 2 rings (SSSR count). The van der Waals surface area contributed by atoms with Gasteiger partial charge in [-0.25, -0.2) is 8.78 Å². The number of ether oxygens (including phenoxy) is 1. The lowest BCUT2D eigenvalue weighted by molar-refractivity contribution is 0.437. The molecular weight excluding hydrogens is 212 g/mol. The van der Waals surface area contributed by atoms with Gasteiger partial charge in [-0.3, -0.25) is 0 Å². The minimum atomic E-state index is -0.702. The van der Waals surface area contributed by atoms with Crippen LogP contribution in [0, 0.1) is 11.6 Å². The van der Waals surface area contributed by atoms with Crippen molar-refractivity contribution in [1.82, 2.24) is 0 Å². The van der Waals surface area contributed by atoms with Crippen molar-refractivity contribution < 1.29 is 13.5 Å². The van der Waals surface area contributed by atoms with Gasteiger partial charge in [0.05, 0.1) is 5.69 Å². The van der Waals surface area contributed by atoms with Crippen molar-refractivity contribution in [2.75, 3.05) is 5.73 Å². The van der Waals surface area contributed by atoms with Crippen LogP contribution in [0.2, 0.25) is 0 Å². The molecule has 0 bridgehead atoms. The Bertz CT molecular complexity index is 500. The minimum absolute atomic E-state index is 0.182. The number of nitrogen functional groups attached to an aromatic ring is 1. The Kier molecular flexibility index (Phi) is 2.72. The van der Waals surface area contributed by atoms with Crippen molar-refractivity contribution in [1.29, 1.82) is 0 Å². The van der Waals surface area contributed by atoms with Crippen molar-refractivity contribution in [2.24, 2.45) is 0 Å². The molecule has 0 aliphatic carbocycles. The van der Waals surface area contributed by atoms with E-state index in [1.54, 1.807) is 30.3 Å². The van der Waals surface area contributed by atoms with Gasteiger partial charge in [0.15, 0.2) is 11.6 Å². The molecule has 0 aromatic heterocycles. The van der Waals surface area contributed by atoms with Crippen molar-refractivity contribution in [3.8, 4) is 11.5 Å². The Balaban J connectivity index is 2.32. The van der Waals surface area contributed by atoms with Crippen molar-refractivity contribution >= 4 is 5.69 Å². The van der Waals surface area contributed by atoms with Gasteiger partial charge in [-0.05, 0) is 12.1 Å². The molecule has 2 nitrogen and oxygen atoms in total. The van der Waals surface area contributed by atoms with E-state index in [0.29, 0.717) is 5.75 Å². The van der Waals surface area contributed by atoms with E-state index >= 15 is 0 Å². The number of para-hydroxylation sites is 1. The van der Waals surface area contributed by atoms with Gasteiger partial charge < -0.3 is 10.5 Å². The van der Waals surface area contributed by atoms with Crippen LogP contribution in [-0.2, 0) is 0 Å². The van der Waals surface area contributed by atoms with Crippen LogP contribution in [0.25, 0.3) is 0 Å². The molecule has 0 radical (unpaired) electrons. The zero-order valence-corrected chi connectivity index (χ0v) is 8.28. The molecule has 0 aliphatic heterocycles. The Hall–Kier alpha value is -2.10. The van der Waals surface area contributed by atoms with Crippen LogP contribution < -0.4 is 10.5 Å². The van der Waals surface area contributed by atoms with E-state index in [2.05, 4.69) is 0 Å². The second-order valence-corrected chi connectivity index (χ2v) is 3.22. The van der Waals surface area contributed by atoms with E-state index in [4.69, 9.17) is 10.5 Å². The van der Waals surface area contributed by atoms with E-state index in [1.165, 1.54) is 0 Å². The van der Waals surface area contributed by atoms with Crippen LogP contribution in [-0.4, -0.2) is 0 Å². The van der Waals surface area contributed by atoms with E-state index in [1.807, 2.05) is 0 Å². The average Bonchev–Trinajstić information content (AvgIpc) is 2.27. The third kappa shape index (κ3) is 2.11. The summed E-state index contributed by atoms with van der Waals surface area (Å²) in [6.07, 6.45) is 0. The van der Waals surface area contributed by atoms with E-state index in [0.717, 1.165) is 12.1 Å². The molecule has 0 spiro atoms. The largest absolute Gasteiger partial charge is 0.454 e. The van der Waals surface area contributed by atoms with E-state index in [-0.39, 0.29) is 11.4 Å². The number of benzene rings is 2. The summed E-state index contributed by atoms with van der Waals surface area (Å²) in [5, 5.41) is 0. The second-order valence-electron chi connectivity index (χ2n) is 3.22. The smallest absolute Gasteiger partial charge is 0.167 e. The normalized spacial score (nSPS) is 10.1. The van der Waals surface area contributed by atoms with E-state index < -0.39 is 11.6 Å². The van der Waals surface area contributed by atoms with Gasteiger partial charge >= 0.3 is 0 Å². The Labute approximate surface area is 91.3 Å². The van der Waals surface area contributed by atoms with Crippen LogP contribution in [0.15, 0.2) is 42.5 Å². The minimum Gasteiger partial charge on any atom is -0.454 e. The molecular formula is C12H9F2NO. The molecule has 0 atom stereocenters. The first-order valence-electron chi connectivity index (χ1n) is 4.64. The van der Waals surface area contributed by atoms with Crippen LogP contribution in [0.1, 0.15) is 0 Å². The number of halogens is 2. The number of hydrogen-bond acceptors (Lipinski definition) is 2. The van der Waals surface area contributed by atoms with Gasteiger partial charge in [-0.2, -0.15) is 0 Å². The van der Waals surface area contributed by atoms with E-state index in [9.17, 15) is 8.78 Å². The standard InChI is InChI=1S/C12H9F2NO/c13-9-7-12(10(14)6-11(9)15)16-8-4-2-1-3-5-8/h1-7H,15H2. The fourth-order valence-corrected chi connectivity index (χ4v) is 1.24. The quantitative estimate of drug-likeness (QED) is 0.789. The summed E-state index contributed by atoms with van der Waals surface area (Å²) in [6, 6.07) is 10.4. The zero-order chi connectivity index (χ0) is 11.5. The highest BCUT2D eigenvalue weighted by Crippen LogP contribution is 2.27. The predicted molar refractivity (Wildman–Crippen MR) is 57.3 cm³/mol. The van der Waals surface area contributed by atoms with Gasteiger partial charge in [0.25, 0.3) is 0 Å². The molecule has 4 heteroatoms. The summed E-state index contributed by atoms with van der Waals surface area (Å²) in [5.74, 6) is -1.14. The SMILES string of the molecule is Nc1cc(F)c(Oc2ccccc2)cc1F. The molecule has 2 N–H and O–H groups in total. The molecule has 82 valence electrons. The maximum Gasteiger partial charge on any atom is 0.167 e. The summed E-state index contributed by atoms with van der Waals surface area (Å²) in [5.41, 5.74) is 4.97. The zero-order valence-electron chi connectivity index (χ0n) is 8.28. The van der Waals surface area contributed by atoms with Gasteiger partial charge in [-0.1, -0.05) is 18.2 Å². The van der Waals surface area contributed by atoms with Gasteiger partial charge in [0, 0.05) is 12.1 Å². The summed E-state index contributed by atoms with van der Waals surface area (Å²) in [7, 11) is 0. The Morgan fingerprint density at radius 2 is 1.62 bits per heavy atom. The number of nitrogens with two attached hydrogens (primary N) is 1. The van der Waals surface area contributed by atoms with Gasteiger partial charge in [-0.15, -0.1) is 0 Å². The second kappa shape index (κ2) is 4.18. The molecule has 0 unspecified atom stereocenters. The molecule has 16 heavy (non-hydrogen) atoms. The van der Waals surface area contributed by atoms with Crippen LogP contribution in [0.5, 0.6) is 11.5 Å². The lowest BCUT2D eigenvalue weighted by Crippen LogP contribution is -1.95. The third-order valence-electron chi connectivity index (χ3n) is 2.02. The average molecular weight is 221 g/mol. The van der Waals surface area contributed by atoms with Gasteiger partial charge in [0.2, 0.25) is 0 Å². The monoisotopic (exact) mass is 221 g/mol. The summed E-state index contributed by atoms with van der Waals surface area (Å²) in [4.78, 5) is 0. The number of hydrogen-bond donors (Lipinski definition) is 1. The molecule has 2 aromatic carbocycles. The maximum atomic E-state index is 13.3. The summed E-state index contributed by atoms with van der Waals surface area (Å²) >= 11 is 0. The topological polar surface area (TPSA) is 35.2 Å². The molecule has 0 aliphatic rings. The molecule has 0 saturated carbocycles. The molecule has 2 aromatic rings. The lowest BCUT2D eigenvalue weighted by Gasteiger charge is -2.07. The van der Waals surface area contributed by atoms with Gasteiger partial charge in [0.1, 0.15) is 11.6 Å². The number of anilines is 1. The molecule has 0 saturated heterocycles. The first-order valence-corrected chi connectivity index (χ1v) is 4.64. The third-order valence-corrected chi connectivity index (χ3v) is 2.02. The van der Waals surface area contributed by atoms with Crippen LogP contribution >= 0.6 is 0 Å². The highest BCUT2D eigenvalue weighted by Gasteiger charge is 2.09. The molecule has 0 heterocycles. The van der Waals surface area contributed by atoms with Crippen molar-refractivity contribution in [2.45, 2.75) is 0 Å². The summed E-state index contributed by atoms with van der Waals surface area (Å²) in [6.45, 7) is 0. The summed E-state index contributed by atoms with van der Waals surface area (Å²) < 4.78 is 31.6. The predicted octanol–water partition coefficient (Wildman–Crippen LogP) is 3.34. The molecule has 0 fully saturated rings. The fourth-order valence-electron chi connectivity index (χ4n) is 1.24. The maximum absolute atomic E-state index is 13.3. The fraction of sp³-hybridized carbons (Fsp3) is 0. The van der Waals surface area contributed by atoms with Crippen LogP contribution in [0.4, 0.5) is 14.5 Å². The first-order chi connectivity index (χ1) is 7.66.